The van der Waals surface area contributed by atoms with Crippen LogP contribution in [0.25, 0.3) is 0 Å². The van der Waals surface area contributed by atoms with E-state index >= 15 is 0 Å². The van der Waals surface area contributed by atoms with Crippen molar-refractivity contribution in [3.8, 4) is 6.07 Å². The van der Waals surface area contributed by atoms with Gasteiger partial charge in [-0.25, -0.2) is 4.79 Å². The van der Waals surface area contributed by atoms with E-state index in [0.29, 0.717) is 17.2 Å². The zero-order chi connectivity index (χ0) is 15.4. The number of carbonyl (C=O) groups is 1. The lowest BCUT2D eigenvalue weighted by Gasteiger charge is -2.37. The zero-order valence-electron chi connectivity index (χ0n) is 12.4. The van der Waals surface area contributed by atoms with Crippen molar-refractivity contribution in [3.05, 3.63) is 23.4 Å². The molecule has 0 fully saturated rings. The molecule has 0 aromatic carbocycles. The molecule has 0 bridgehead atoms. The summed E-state index contributed by atoms with van der Waals surface area (Å²) < 4.78 is 5.19. The summed E-state index contributed by atoms with van der Waals surface area (Å²) in [5.41, 5.74) is 1.32. The molecular weight excluding hydrogens is 284 g/mol. The summed E-state index contributed by atoms with van der Waals surface area (Å²) in [7, 11) is 0. The van der Waals surface area contributed by atoms with E-state index in [1.165, 1.54) is 0 Å². The zero-order valence-corrected chi connectivity index (χ0v) is 13.2. The first-order valence-corrected chi connectivity index (χ1v) is 7.74. The van der Waals surface area contributed by atoms with Crippen LogP contribution in [0.4, 0.5) is 0 Å². The monoisotopic (exact) mass is 304 g/mol. The molecular formula is C16H20N2O2S. The topological polar surface area (TPSA) is 62.1 Å². The Bertz CT molecular complexity index is 545. The minimum atomic E-state index is -0.459. The SMILES string of the molecule is CCOC(=O)C1=C(C)NC(=S)C(C#N)C1C1CC=CCC1. The van der Waals surface area contributed by atoms with Crippen LogP contribution >= 0.6 is 12.2 Å². The Morgan fingerprint density at radius 1 is 1.57 bits per heavy atom. The average Bonchev–Trinajstić information content (AvgIpc) is 2.47. The first-order chi connectivity index (χ1) is 10.1. The van der Waals surface area contributed by atoms with Crippen molar-refractivity contribution in [1.29, 1.82) is 5.26 Å². The van der Waals surface area contributed by atoms with E-state index in [-0.39, 0.29) is 17.8 Å². The first kappa shape index (κ1) is 15.7. The lowest BCUT2D eigenvalue weighted by molar-refractivity contribution is -0.139. The van der Waals surface area contributed by atoms with Crippen LogP contribution < -0.4 is 5.32 Å². The fourth-order valence-corrected chi connectivity index (χ4v) is 3.55. The van der Waals surface area contributed by atoms with Crippen molar-refractivity contribution >= 4 is 23.2 Å². The summed E-state index contributed by atoms with van der Waals surface area (Å²) in [4.78, 5) is 12.9. The summed E-state index contributed by atoms with van der Waals surface area (Å²) in [5, 5.41) is 12.5. The van der Waals surface area contributed by atoms with Crippen LogP contribution in [-0.2, 0) is 9.53 Å². The van der Waals surface area contributed by atoms with Gasteiger partial charge in [-0.3, -0.25) is 0 Å². The van der Waals surface area contributed by atoms with Gasteiger partial charge in [0.05, 0.1) is 23.2 Å². The first-order valence-electron chi connectivity index (χ1n) is 7.33. The highest BCUT2D eigenvalue weighted by molar-refractivity contribution is 7.80. The van der Waals surface area contributed by atoms with E-state index in [2.05, 4.69) is 23.5 Å². The number of hydrogen-bond acceptors (Lipinski definition) is 4. The Morgan fingerprint density at radius 3 is 2.90 bits per heavy atom. The Morgan fingerprint density at radius 2 is 2.33 bits per heavy atom. The highest BCUT2D eigenvalue weighted by Gasteiger charge is 2.42. The predicted molar refractivity (Wildman–Crippen MR) is 84.1 cm³/mol. The van der Waals surface area contributed by atoms with E-state index < -0.39 is 5.92 Å². The largest absolute Gasteiger partial charge is 0.463 e. The molecule has 0 spiro atoms. The van der Waals surface area contributed by atoms with Crippen LogP contribution in [0.5, 0.6) is 0 Å². The van der Waals surface area contributed by atoms with Crippen molar-refractivity contribution in [2.75, 3.05) is 6.61 Å². The molecule has 3 unspecified atom stereocenters. The fraction of sp³-hybridized carbons (Fsp3) is 0.562. The van der Waals surface area contributed by atoms with Gasteiger partial charge in [0.2, 0.25) is 0 Å². The summed E-state index contributed by atoms with van der Waals surface area (Å²) in [6, 6.07) is 2.28. The van der Waals surface area contributed by atoms with Gasteiger partial charge in [-0.2, -0.15) is 5.26 Å². The third kappa shape index (κ3) is 3.16. The molecule has 112 valence electrons. The Kier molecular flexibility index (Phi) is 5.13. The van der Waals surface area contributed by atoms with Crippen LogP contribution in [0.3, 0.4) is 0 Å². The molecule has 1 aliphatic heterocycles. The smallest absolute Gasteiger partial charge is 0.336 e. The molecule has 2 rings (SSSR count). The van der Waals surface area contributed by atoms with E-state index in [4.69, 9.17) is 17.0 Å². The second kappa shape index (κ2) is 6.86. The number of ether oxygens (including phenoxy) is 1. The van der Waals surface area contributed by atoms with Gasteiger partial charge in [0.15, 0.2) is 0 Å². The maximum absolute atomic E-state index is 12.3. The molecule has 0 radical (unpaired) electrons. The quantitative estimate of drug-likeness (QED) is 0.493. The molecule has 0 amide bonds. The maximum Gasteiger partial charge on any atom is 0.336 e. The number of nitrogens with one attached hydrogen (secondary N) is 1. The molecule has 2 aliphatic rings. The number of thiocarbonyl (C=S) groups is 1. The number of nitriles is 1. The fourth-order valence-electron chi connectivity index (χ4n) is 3.20. The molecule has 1 aliphatic carbocycles. The third-order valence-corrected chi connectivity index (χ3v) is 4.50. The normalized spacial score (nSPS) is 28.8. The second-order valence-electron chi connectivity index (χ2n) is 5.43. The van der Waals surface area contributed by atoms with Crippen molar-refractivity contribution in [2.24, 2.45) is 17.8 Å². The number of esters is 1. The van der Waals surface area contributed by atoms with Crippen molar-refractivity contribution in [2.45, 2.75) is 33.1 Å². The van der Waals surface area contributed by atoms with Gasteiger partial charge >= 0.3 is 5.97 Å². The standard InChI is InChI=1S/C16H20N2O2S/c1-3-20-16(19)13-10(2)18-15(21)12(9-17)14(13)11-7-5-4-6-8-11/h4-5,11-12,14H,3,6-8H2,1-2H3,(H,18,21). The average molecular weight is 304 g/mol. The molecule has 0 aromatic heterocycles. The van der Waals surface area contributed by atoms with E-state index in [1.807, 2.05) is 6.92 Å². The number of hydrogen-bond donors (Lipinski definition) is 1. The lowest BCUT2D eigenvalue weighted by atomic mass is 9.70. The van der Waals surface area contributed by atoms with Crippen molar-refractivity contribution in [3.63, 3.8) is 0 Å². The van der Waals surface area contributed by atoms with Gasteiger partial charge in [0.25, 0.3) is 0 Å². The summed E-state index contributed by atoms with van der Waals surface area (Å²) in [6.45, 7) is 3.95. The molecule has 1 N–H and O–H groups in total. The molecule has 5 heteroatoms. The van der Waals surface area contributed by atoms with Gasteiger partial charge in [0, 0.05) is 11.6 Å². The maximum atomic E-state index is 12.3. The highest BCUT2D eigenvalue weighted by Crippen LogP contribution is 2.40. The molecule has 0 saturated carbocycles. The number of rotatable bonds is 3. The van der Waals surface area contributed by atoms with Gasteiger partial charge in [-0.05, 0) is 39.0 Å². The van der Waals surface area contributed by atoms with Crippen molar-refractivity contribution < 1.29 is 9.53 Å². The third-order valence-electron chi connectivity index (χ3n) is 4.14. The molecule has 21 heavy (non-hydrogen) atoms. The number of nitrogens with zero attached hydrogens (tertiary/aromatic N) is 1. The highest BCUT2D eigenvalue weighted by atomic mass is 32.1. The van der Waals surface area contributed by atoms with Crippen LogP contribution in [-0.4, -0.2) is 17.6 Å². The molecule has 4 nitrogen and oxygen atoms in total. The molecule has 3 atom stereocenters. The van der Waals surface area contributed by atoms with E-state index in [9.17, 15) is 10.1 Å². The number of carbonyl (C=O) groups excluding carboxylic acids is 1. The number of allylic oxidation sites excluding steroid dienone is 3. The summed E-state index contributed by atoms with van der Waals surface area (Å²) >= 11 is 5.32. The second-order valence-corrected chi connectivity index (χ2v) is 5.87. The lowest BCUT2D eigenvalue weighted by Crippen LogP contribution is -2.44. The van der Waals surface area contributed by atoms with Gasteiger partial charge in [-0.1, -0.05) is 24.4 Å². The van der Waals surface area contributed by atoms with Crippen LogP contribution in [0.2, 0.25) is 0 Å². The minimum Gasteiger partial charge on any atom is -0.463 e. The Labute approximate surface area is 130 Å². The van der Waals surface area contributed by atoms with Gasteiger partial charge in [0.1, 0.15) is 5.92 Å². The molecule has 0 aromatic rings. The Hall–Kier alpha value is -1.67. The minimum absolute atomic E-state index is 0.173. The van der Waals surface area contributed by atoms with E-state index in [0.717, 1.165) is 25.0 Å². The van der Waals surface area contributed by atoms with Gasteiger partial charge in [-0.15, -0.1) is 0 Å². The molecule has 0 saturated heterocycles. The summed E-state index contributed by atoms with van der Waals surface area (Å²) in [5.74, 6) is -0.703. The molecule has 1 heterocycles. The van der Waals surface area contributed by atoms with E-state index in [1.54, 1.807) is 6.92 Å². The Balaban J connectivity index is 2.42. The predicted octanol–water partition coefficient (Wildman–Crippen LogP) is 2.87. The van der Waals surface area contributed by atoms with Crippen LogP contribution in [0.1, 0.15) is 33.1 Å². The van der Waals surface area contributed by atoms with Crippen molar-refractivity contribution in [1.82, 2.24) is 5.32 Å². The van der Waals surface area contributed by atoms with Crippen LogP contribution in [0, 0.1) is 29.1 Å². The van der Waals surface area contributed by atoms with Gasteiger partial charge < -0.3 is 10.1 Å². The van der Waals surface area contributed by atoms with Crippen LogP contribution in [0.15, 0.2) is 23.4 Å². The summed E-state index contributed by atoms with van der Waals surface area (Å²) in [6.07, 6.45) is 7.11.